The summed E-state index contributed by atoms with van der Waals surface area (Å²) < 4.78 is 1.78. The van der Waals surface area contributed by atoms with E-state index in [1.54, 1.807) is 16.8 Å². The number of piperidine rings is 1. The summed E-state index contributed by atoms with van der Waals surface area (Å²) in [4.78, 5) is 12.9. The Kier molecular flexibility index (Phi) is 6.22. The van der Waals surface area contributed by atoms with Crippen LogP contribution in [-0.2, 0) is 12.8 Å². The maximum atomic E-state index is 12.9. The Hall–Kier alpha value is -1.56. The van der Waals surface area contributed by atoms with Gasteiger partial charge in [0.25, 0.3) is 5.91 Å². The number of nitrogens with one attached hydrogen (secondary N) is 1. The zero-order valence-electron chi connectivity index (χ0n) is 15.2. The summed E-state index contributed by atoms with van der Waals surface area (Å²) in [6.45, 7) is 5.87. The quantitative estimate of drug-likeness (QED) is 0.815. The number of hydrogen-bond donors (Lipinski definition) is 1. The molecule has 1 aliphatic rings. The van der Waals surface area contributed by atoms with E-state index in [9.17, 15) is 4.79 Å². The van der Waals surface area contributed by atoms with Gasteiger partial charge in [0.05, 0.1) is 10.7 Å². The number of carbonyl (C=O) groups excluding carboxylic acids is 1. The molecule has 5 nitrogen and oxygen atoms in total. The van der Waals surface area contributed by atoms with Crippen molar-refractivity contribution in [2.24, 2.45) is 0 Å². The molecule has 0 aliphatic carbocycles. The molecule has 1 fully saturated rings. The lowest BCUT2D eigenvalue weighted by Crippen LogP contribution is -2.45. The number of aromatic nitrogens is 2. The van der Waals surface area contributed by atoms with Crippen LogP contribution >= 0.6 is 23.2 Å². The summed E-state index contributed by atoms with van der Waals surface area (Å²) in [5.74, 6) is -0.151. The van der Waals surface area contributed by atoms with E-state index in [2.05, 4.69) is 17.4 Å². The minimum Gasteiger partial charge on any atom is -0.283 e. The summed E-state index contributed by atoms with van der Waals surface area (Å²) in [5.41, 5.74) is 6.19. The van der Waals surface area contributed by atoms with Crippen LogP contribution in [0.25, 0.3) is 5.69 Å². The lowest BCUT2D eigenvalue weighted by atomic mass is 10.1. The Labute approximate surface area is 164 Å². The van der Waals surface area contributed by atoms with Crippen molar-refractivity contribution in [1.82, 2.24) is 20.2 Å². The first-order valence-corrected chi connectivity index (χ1v) is 9.92. The fraction of sp³-hybridized carbons (Fsp3) is 0.474. The van der Waals surface area contributed by atoms with Gasteiger partial charge in [-0.3, -0.25) is 10.2 Å². The maximum Gasteiger partial charge on any atom is 0.286 e. The number of benzene rings is 1. The molecule has 0 saturated carbocycles. The van der Waals surface area contributed by atoms with E-state index in [0.717, 1.165) is 55.7 Å². The molecule has 26 heavy (non-hydrogen) atoms. The smallest absolute Gasteiger partial charge is 0.283 e. The lowest BCUT2D eigenvalue weighted by Gasteiger charge is -2.26. The molecule has 1 N–H and O–H groups in total. The van der Waals surface area contributed by atoms with E-state index in [1.165, 1.54) is 6.42 Å². The molecule has 0 radical (unpaired) electrons. The van der Waals surface area contributed by atoms with Crippen molar-refractivity contribution >= 4 is 29.1 Å². The van der Waals surface area contributed by atoms with Gasteiger partial charge in [0.1, 0.15) is 0 Å². The van der Waals surface area contributed by atoms with Crippen LogP contribution in [0.2, 0.25) is 10.0 Å². The summed E-state index contributed by atoms with van der Waals surface area (Å²) >= 11 is 12.4. The van der Waals surface area contributed by atoms with Gasteiger partial charge in [-0.15, -0.1) is 0 Å². The normalized spacial score (nSPS) is 15.2. The van der Waals surface area contributed by atoms with E-state index in [-0.39, 0.29) is 5.91 Å². The number of rotatable bonds is 5. The van der Waals surface area contributed by atoms with Crippen molar-refractivity contribution in [3.05, 3.63) is 45.2 Å². The Morgan fingerprint density at radius 3 is 2.50 bits per heavy atom. The van der Waals surface area contributed by atoms with Gasteiger partial charge in [0.2, 0.25) is 0 Å². The Morgan fingerprint density at radius 1 is 1.15 bits per heavy atom. The number of halogens is 2. The molecular weight excluding hydrogens is 371 g/mol. The molecule has 2 heterocycles. The van der Waals surface area contributed by atoms with Crippen molar-refractivity contribution < 1.29 is 4.79 Å². The van der Waals surface area contributed by atoms with Crippen molar-refractivity contribution in [3.63, 3.8) is 0 Å². The zero-order valence-corrected chi connectivity index (χ0v) is 16.7. The third-order valence-corrected chi connectivity index (χ3v) is 5.28. The molecule has 3 rings (SSSR count). The van der Waals surface area contributed by atoms with Crippen LogP contribution in [0.4, 0.5) is 0 Å². The molecule has 0 unspecified atom stereocenters. The summed E-state index contributed by atoms with van der Waals surface area (Å²) in [6.07, 6.45) is 4.92. The monoisotopic (exact) mass is 394 g/mol. The van der Waals surface area contributed by atoms with Gasteiger partial charge >= 0.3 is 0 Å². The first kappa shape index (κ1) is 19.2. The van der Waals surface area contributed by atoms with Crippen LogP contribution in [0.15, 0.2) is 18.2 Å². The zero-order chi connectivity index (χ0) is 18.7. The van der Waals surface area contributed by atoms with Gasteiger partial charge in [-0.1, -0.05) is 43.5 Å². The van der Waals surface area contributed by atoms with Crippen LogP contribution in [-0.4, -0.2) is 33.8 Å². The topological polar surface area (TPSA) is 50.2 Å². The van der Waals surface area contributed by atoms with Crippen LogP contribution in [0, 0.1) is 0 Å². The van der Waals surface area contributed by atoms with E-state index in [1.807, 2.05) is 18.0 Å². The van der Waals surface area contributed by atoms with Crippen LogP contribution in [0.1, 0.15) is 54.9 Å². The molecule has 1 aliphatic heterocycles. The summed E-state index contributed by atoms with van der Waals surface area (Å²) in [5, 5.41) is 7.71. The third kappa shape index (κ3) is 3.90. The van der Waals surface area contributed by atoms with Gasteiger partial charge in [0.15, 0.2) is 5.69 Å². The van der Waals surface area contributed by atoms with E-state index >= 15 is 0 Å². The Balaban J connectivity index is 1.98. The fourth-order valence-corrected chi connectivity index (χ4v) is 3.95. The predicted octanol–water partition coefficient (Wildman–Crippen LogP) is 4.43. The van der Waals surface area contributed by atoms with Crippen LogP contribution in [0.3, 0.4) is 0 Å². The van der Waals surface area contributed by atoms with Crippen LogP contribution in [0.5, 0.6) is 0 Å². The molecular formula is C19H24Cl2N4O. The van der Waals surface area contributed by atoms with Crippen molar-refractivity contribution in [2.45, 2.75) is 46.0 Å². The largest absolute Gasteiger partial charge is 0.286 e. The number of amides is 1. The summed E-state index contributed by atoms with van der Waals surface area (Å²) in [7, 11) is 0. The van der Waals surface area contributed by atoms with Gasteiger partial charge in [-0.05, 0) is 43.9 Å². The molecule has 0 spiro atoms. The van der Waals surface area contributed by atoms with Gasteiger partial charge in [-0.25, -0.2) is 9.69 Å². The predicted molar refractivity (Wildman–Crippen MR) is 105 cm³/mol. The molecule has 1 aromatic carbocycles. The number of nitrogens with zero attached hydrogens (tertiary/aromatic N) is 3. The Bertz CT molecular complexity index is 797. The second-order valence-electron chi connectivity index (χ2n) is 6.48. The van der Waals surface area contributed by atoms with Gasteiger partial charge in [-0.2, -0.15) is 5.10 Å². The van der Waals surface area contributed by atoms with E-state index in [4.69, 9.17) is 23.2 Å². The molecule has 1 saturated heterocycles. The minimum atomic E-state index is -0.151. The standard InChI is InChI=1S/C19H24Cl2N4O/c1-3-14-16(4-2)25(17-9-8-13(20)12-15(17)21)22-18(14)19(26)23-24-10-6-5-7-11-24/h8-9,12H,3-7,10-11H2,1-2H3,(H,23,26). The molecule has 7 heteroatoms. The SMILES string of the molecule is CCc1c(C(=O)NN2CCCCC2)nn(-c2ccc(Cl)cc2Cl)c1CC. The molecule has 0 bridgehead atoms. The fourth-order valence-electron chi connectivity index (χ4n) is 3.46. The number of hydrogen-bond acceptors (Lipinski definition) is 3. The average molecular weight is 395 g/mol. The first-order chi connectivity index (χ1) is 12.5. The molecule has 2 aromatic rings. The van der Waals surface area contributed by atoms with Gasteiger partial charge < -0.3 is 0 Å². The van der Waals surface area contributed by atoms with Crippen molar-refractivity contribution in [2.75, 3.05) is 13.1 Å². The third-order valence-electron chi connectivity index (χ3n) is 4.75. The number of carbonyl (C=O) groups is 1. The number of hydrazine groups is 1. The molecule has 0 atom stereocenters. The van der Waals surface area contributed by atoms with E-state index in [0.29, 0.717) is 15.7 Å². The maximum absolute atomic E-state index is 12.9. The minimum absolute atomic E-state index is 0.151. The van der Waals surface area contributed by atoms with Crippen LogP contribution < -0.4 is 5.43 Å². The van der Waals surface area contributed by atoms with Gasteiger partial charge in [0, 0.05) is 29.4 Å². The van der Waals surface area contributed by atoms with Crippen molar-refractivity contribution in [1.29, 1.82) is 0 Å². The molecule has 1 amide bonds. The molecule has 1 aromatic heterocycles. The highest BCUT2D eigenvalue weighted by molar-refractivity contribution is 6.35. The molecule has 140 valence electrons. The highest BCUT2D eigenvalue weighted by Gasteiger charge is 2.24. The average Bonchev–Trinajstić information content (AvgIpc) is 3.01. The van der Waals surface area contributed by atoms with E-state index < -0.39 is 0 Å². The Morgan fingerprint density at radius 2 is 1.88 bits per heavy atom. The second kappa shape index (κ2) is 8.42. The lowest BCUT2D eigenvalue weighted by molar-refractivity contribution is 0.0743. The van der Waals surface area contributed by atoms with Crippen molar-refractivity contribution in [3.8, 4) is 5.69 Å². The first-order valence-electron chi connectivity index (χ1n) is 9.17. The highest BCUT2D eigenvalue weighted by Crippen LogP contribution is 2.28. The highest BCUT2D eigenvalue weighted by atomic mass is 35.5. The summed E-state index contributed by atoms with van der Waals surface area (Å²) in [6, 6.07) is 5.31. The second-order valence-corrected chi connectivity index (χ2v) is 7.32.